The molecule has 1 N–H and O–H groups in total. The maximum atomic E-state index is 9.92. The Bertz CT molecular complexity index is 434. The zero-order valence-corrected chi connectivity index (χ0v) is 12.7. The lowest BCUT2D eigenvalue weighted by atomic mass is 9.86. The minimum atomic E-state index is -0.0896. The van der Waals surface area contributed by atoms with Crippen molar-refractivity contribution in [2.45, 2.75) is 26.2 Å². The Hall–Kier alpha value is -1.26. The van der Waals surface area contributed by atoms with Crippen LogP contribution in [-0.4, -0.2) is 49.5 Å². The van der Waals surface area contributed by atoms with Gasteiger partial charge in [-0.1, -0.05) is 20.8 Å². The summed E-state index contributed by atoms with van der Waals surface area (Å²) in [5, 5.41) is 9.92. The largest absolute Gasteiger partial charge is 0.508 e. The molecule has 1 fully saturated rings. The summed E-state index contributed by atoms with van der Waals surface area (Å²) in [5.74, 6) is 1.15. The van der Waals surface area contributed by atoms with E-state index in [0.717, 1.165) is 44.2 Å². The molecule has 20 heavy (non-hydrogen) atoms. The summed E-state index contributed by atoms with van der Waals surface area (Å²) in [4.78, 5) is 2.34. The molecular weight excluding hydrogens is 254 g/mol. The number of hydrogen-bond acceptors (Lipinski definition) is 4. The number of nitrogens with zero attached hydrogens (tertiary/aromatic N) is 1. The number of aromatic hydroxyl groups is 1. The third kappa shape index (κ3) is 4.12. The molecule has 0 aliphatic carbocycles. The van der Waals surface area contributed by atoms with E-state index in [9.17, 15) is 5.11 Å². The van der Waals surface area contributed by atoms with Crippen molar-refractivity contribution < 1.29 is 14.6 Å². The molecule has 2 rings (SSSR count). The minimum Gasteiger partial charge on any atom is -0.508 e. The number of phenolic OH excluding ortho intramolecular Hbond substituents is 1. The molecule has 1 aromatic carbocycles. The normalized spacial score (nSPS) is 17.1. The van der Waals surface area contributed by atoms with Crippen molar-refractivity contribution in [3.05, 3.63) is 23.8 Å². The van der Waals surface area contributed by atoms with E-state index < -0.39 is 0 Å². The molecule has 4 heteroatoms. The fourth-order valence-corrected chi connectivity index (χ4v) is 2.32. The summed E-state index contributed by atoms with van der Waals surface area (Å²) in [5.41, 5.74) is 0.828. The topological polar surface area (TPSA) is 41.9 Å². The molecule has 1 aliphatic heterocycles. The average molecular weight is 279 g/mol. The molecule has 0 radical (unpaired) electrons. The molecule has 1 heterocycles. The fraction of sp³-hybridized carbons (Fsp3) is 0.625. The van der Waals surface area contributed by atoms with Gasteiger partial charge < -0.3 is 14.6 Å². The zero-order chi connectivity index (χ0) is 14.6. The predicted octanol–water partition coefficient (Wildman–Crippen LogP) is 2.40. The molecule has 0 unspecified atom stereocenters. The van der Waals surface area contributed by atoms with Crippen molar-refractivity contribution >= 4 is 0 Å². The molecule has 1 saturated heterocycles. The minimum absolute atomic E-state index is 0.0896. The van der Waals surface area contributed by atoms with Crippen LogP contribution in [-0.2, 0) is 10.2 Å². The zero-order valence-electron chi connectivity index (χ0n) is 12.7. The van der Waals surface area contributed by atoms with Crippen molar-refractivity contribution in [1.29, 1.82) is 0 Å². The lowest BCUT2D eigenvalue weighted by molar-refractivity contribution is 0.0322. The highest BCUT2D eigenvalue weighted by molar-refractivity contribution is 5.43. The van der Waals surface area contributed by atoms with Gasteiger partial charge in [-0.3, -0.25) is 4.90 Å². The highest BCUT2D eigenvalue weighted by atomic mass is 16.5. The van der Waals surface area contributed by atoms with Crippen LogP contribution in [0.5, 0.6) is 11.5 Å². The van der Waals surface area contributed by atoms with Crippen LogP contribution in [0, 0.1) is 0 Å². The van der Waals surface area contributed by atoms with E-state index >= 15 is 0 Å². The van der Waals surface area contributed by atoms with Crippen LogP contribution in [0.3, 0.4) is 0 Å². The Balaban J connectivity index is 1.89. The summed E-state index contributed by atoms with van der Waals surface area (Å²) >= 11 is 0. The van der Waals surface area contributed by atoms with E-state index in [1.54, 1.807) is 6.07 Å². The summed E-state index contributed by atoms with van der Waals surface area (Å²) in [6.07, 6.45) is 0. The maximum Gasteiger partial charge on any atom is 0.119 e. The third-order valence-corrected chi connectivity index (χ3v) is 3.56. The Morgan fingerprint density at radius 2 is 1.95 bits per heavy atom. The van der Waals surface area contributed by atoms with Crippen LogP contribution in [0.4, 0.5) is 0 Å². The van der Waals surface area contributed by atoms with Crippen molar-refractivity contribution in [3.63, 3.8) is 0 Å². The third-order valence-electron chi connectivity index (χ3n) is 3.56. The van der Waals surface area contributed by atoms with Gasteiger partial charge in [0.25, 0.3) is 0 Å². The maximum absolute atomic E-state index is 9.92. The molecule has 112 valence electrons. The van der Waals surface area contributed by atoms with Gasteiger partial charge in [0.05, 0.1) is 13.2 Å². The fourth-order valence-electron chi connectivity index (χ4n) is 2.32. The molecular formula is C16H25NO3. The summed E-state index contributed by atoms with van der Waals surface area (Å²) in [6.45, 7) is 11.4. The number of hydrogen-bond donors (Lipinski definition) is 1. The standard InChI is InChI=1S/C16H25NO3/c1-16(2,3)14-12-13(4-5-15(14)18)20-11-8-17-6-9-19-10-7-17/h4-5,12,18H,6-11H2,1-3H3. The van der Waals surface area contributed by atoms with Crippen LogP contribution in [0.15, 0.2) is 18.2 Å². The van der Waals surface area contributed by atoms with E-state index in [-0.39, 0.29) is 5.41 Å². The van der Waals surface area contributed by atoms with Crippen molar-refractivity contribution in [3.8, 4) is 11.5 Å². The van der Waals surface area contributed by atoms with Crippen LogP contribution in [0.25, 0.3) is 0 Å². The Kier molecular flexibility index (Phi) is 4.89. The summed E-state index contributed by atoms with van der Waals surface area (Å²) in [6, 6.07) is 5.48. The van der Waals surface area contributed by atoms with Crippen LogP contribution in [0.1, 0.15) is 26.3 Å². The first-order valence-corrected chi connectivity index (χ1v) is 7.23. The van der Waals surface area contributed by atoms with E-state index in [2.05, 4.69) is 25.7 Å². The number of rotatable bonds is 4. The van der Waals surface area contributed by atoms with Crippen LogP contribution in [0.2, 0.25) is 0 Å². The second-order valence-corrected chi connectivity index (χ2v) is 6.23. The lowest BCUT2D eigenvalue weighted by Gasteiger charge is -2.26. The molecule has 1 aromatic rings. The molecule has 1 aliphatic rings. The molecule has 0 atom stereocenters. The first-order valence-electron chi connectivity index (χ1n) is 7.23. The second kappa shape index (κ2) is 6.46. The van der Waals surface area contributed by atoms with Gasteiger partial charge in [-0.05, 0) is 23.6 Å². The van der Waals surface area contributed by atoms with E-state index in [4.69, 9.17) is 9.47 Å². The first-order chi connectivity index (χ1) is 9.47. The first kappa shape index (κ1) is 15.1. The monoisotopic (exact) mass is 279 g/mol. The van der Waals surface area contributed by atoms with Gasteiger partial charge in [0.2, 0.25) is 0 Å². The molecule has 0 saturated carbocycles. The van der Waals surface area contributed by atoms with Gasteiger partial charge in [0.1, 0.15) is 18.1 Å². The quantitative estimate of drug-likeness (QED) is 0.919. The smallest absolute Gasteiger partial charge is 0.119 e. The number of morpholine rings is 1. The van der Waals surface area contributed by atoms with E-state index in [1.165, 1.54) is 0 Å². The van der Waals surface area contributed by atoms with Gasteiger partial charge in [0, 0.05) is 25.2 Å². The van der Waals surface area contributed by atoms with Gasteiger partial charge in [-0.15, -0.1) is 0 Å². The predicted molar refractivity (Wildman–Crippen MR) is 79.6 cm³/mol. The average Bonchev–Trinajstić information content (AvgIpc) is 2.40. The van der Waals surface area contributed by atoms with Crippen molar-refractivity contribution in [2.75, 3.05) is 39.5 Å². The van der Waals surface area contributed by atoms with Crippen molar-refractivity contribution in [2.24, 2.45) is 0 Å². The molecule has 0 bridgehead atoms. The molecule has 0 amide bonds. The van der Waals surface area contributed by atoms with E-state index in [0.29, 0.717) is 12.4 Å². The van der Waals surface area contributed by atoms with Crippen molar-refractivity contribution in [1.82, 2.24) is 4.90 Å². The van der Waals surface area contributed by atoms with Gasteiger partial charge >= 0.3 is 0 Å². The van der Waals surface area contributed by atoms with E-state index in [1.807, 2.05) is 12.1 Å². The number of phenols is 1. The van der Waals surface area contributed by atoms with Gasteiger partial charge in [-0.25, -0.2) is 0 Å². The Labute approximate surface area is 121 Å². The lowest BCUT2D eigenvalue weighted by Crippen LogP contribution is -2.38. The summed E-state index contributed by atoms with van der Waals surface area (Å²) < 4.78 is 11.1. The number of benzene rings is 1. The SMILES string of the molecule is CC(C)(C)c1cc(OCCN2CCOCC2)ccc1O. The van der Waals surface area contributed by atoms with Crippen LogP contribution < -0.4 is 4.74 Å². The van der Waals surface area contributed by atoms with Crippen LogP contribution >= 0.6 is 0 Å². The molecule has 4 nitrogen and oxygen atoms in total. The Morgan fingerprint density at radius 1 is 1.25 bits per heavy atom. The second-order valence-electron chi connectivity index (χ2n) is 6.23. The van der Waals surface area contributed by atoms with Gasteiger partial charge in [0.15, 0.2) is 0 Å². The highest BCUT2D eigenvalue weighted by Gasteiger charge is 2.18. The highest BCUT2D eigenvalue weighted by Crippen LogP contribution is 2.33. The molecule has 0 aromatic heterocycles. The summed E-state index contributed by atoms with van der Waals surface area (Å²) in [7, 11) is 0. The Morgan fingerprint density at radius 3 is 2.60 bits per heavy atom. The molecule has 0 spiro atoms. The number of ether oxygens (including phenoxy) is 2. The van der Waals surface area contributed by atoms with Gasteiger partial charge in [-0.2, -0.15) is 0 Å².